The second kappa shape index (κ2) is 5.96. The summed E-state index contributed by atoms with van der Waals surface area (Å²) in [7, 11) is 1.51. The number of nitrogens with one attached hydrogen (secondary N) is 1. The van der Waals surface area contributed by atoms with Crippen LogP contribution < -0.4 is 5.43 Å². The number of hydrogen-bond acceptors (Lipinski definition) is 4. The predicted molar refractivity (Wildman–Crippen MR) is 76.7 cm³/mol. The fourth-order valence-electron chi connectivity index (χ4n) is 1.70. The number of carbonyl (C=O) groups is 1. The van der Waals surface area contributed by atoms with Crippen LogP contribution in [0.2, 0.25) is 0 Å². The van der Waals surface area contributed by atoms with Gasteiger partial charge in [-0.3, -0.25) is 4.79 Å². The topological polar surface area (TPSA) is 59.3 Å². The van der Waals surface area contributed by atoms with E-state index in [0.29, 0.717) is 11.3 Å². The lowest BCUT2D eigenvalue weighted by Crippen LogP contribution is -2.16. The maximum atomic E-state index is 13.6. The number of hydrazone groups is 1. The van der Waals surface area contributed by atoms with E-state index in [4.69, 9.17) is 0 Å². The van der Waals surface area contributed by atoms with Gasteiger partial charge in [-0.1, -0.05) is 6.92 Å². The Kier molecular flexibility index (Phi) is 4.29. The van der Waals surface area contributed by atoms with Gasteiger partial charge in [0, 0.05) is 17.3 Å². The molecule has 0 spiro atoms. The van der Waals surface area contributed by atoms with Crippen LogP contribution in [0.3, 0.4) is 0 Å². The molecule has 0 fully saturated rings. The van der Waals surface area contributed by atoms with Gasteiger partial charge in [0.2, 0.25) is 5.95 Å². The zero-order chi connectivity index (χ0) is 14.7. The smallest absolute Gasteiger partial charge is 0.267 e. The fraction of sp³-hybridized carbons (Fsp3) is 0.308. The van der Waals surface area contributed by atoms with Crippen LogP contribution in [-0.4, -0.2) is 21.9 Å². The number of amides is 1. The average molecular weight is 294 g/mol. The quantitative estimate of drug-likeness (QED) is 0.694. The highest BCUT2D eigenvalue weighted by Gasteiger charge is 2.11. The number of nitrogens with zero attached hydrogens (tertiary/aromatic N) is 3. The van der Waals surface area contributed by atoms with E-state index in [9.17, 15) is 9.18 Å². The minimum Gasteiger partial charge on any atom is -0.267 e. The Balaban J connectivity index is 2.04. The SMILES string of the molecule is CCc1cc(C(=O)N/N=C\c2c(C)nn(C)c2F)cs1. The Morgan fingerprint density at radius 2 is 2.40 bits per heavy atom. The molecular weight excluding hydrogens is 279 g/mol. The van der Waals surface area contributed by atoms with Gasteiger partial charge < -0.3 is 0 Å². The highest BCUT2D eigenvalue weighted by Crippen LogP contribution is 2.15. The summed E-state index contributed by atoms with van der Waals surface area (Å²) in [4.78, 5) is 12.9. The second-order valence-electron chi connectivity index (χ2n) is 4.27. The molecule has 0 saturated carbocycles. The summed E-state index contributed by atoms with van der Waals surface area (Å²) >= 11 is 1.53. The first kappa shape index (κ1) is 14.4. The number of thiophene rings is 1. The Hall–Kier alpha value is -2.02. The summed E-state index contributed by atoms with van der Waals surface area (Å²) in [6.07, 6.45) is 2.16. The molecule has 0 saturated heterocycles. The van der Waals surface area contributed by atoms with Crippen molar-refractivity contribution in [2.75, 3.05) is 0 Å². The number of aryl methyl sites for hydroxylation is 3. The van der Waals surface area contributed by atoms with E-state index in [0.717, 1.165) is 16.0 Å². The molecule has 7 heteroatoms. The van der Waals surface area contributed by atoms with Crippen LogP contribution in [0.25, 0.3) is 0 Å². The molecule has 0 atom stereocenters. The summed E-state index contributed by atoms with van der Waals surface area (Å²) in [5, 5.41) is 9.47. The molecule has 1 amide bonds. The van der Waals surface area contributed by atoms with Gasteiger partial charge in [0.05, 0.1) is 23.0 Å². The van der Waals surface area contributed by atoms with Crippen molar-refractivity contribution in [3.05, 3.63) is 39.1 Å². The molecule has 2 heterocycles. The first-order valence-corrected chi connectivity index (χ1v) is 7.00. The Bertz CT molecular complexity index is 659. The molecule has 0 aliphatic heterocycles. The molecule has 20 heavy (non-hydrogen) atoms. The molecule has 1 N–H and O–H groups in total. The number of rotatable bonds is 4. The molecule has 0 radical (unpaired) electrons. The summed E-state index contributed by atoms with van der Waals surface area (Å²) in [5.74, 6) is -0.788. The number of halogens is 1. The van der Waals surface area contributed by atoms with E-state index < -0.39 is 5.95 Å². The van der Waals surface area contributed by atoms with Crippen LogP contribution >= 0.6 is 11.3 Å². The van der Waals surface area contributed by atoms with Crippen molar-refractivity contribution in [3.8, 4) is 0 Å². The first-order valence-electron chi connectivity index (χ1n) is 6.12. The van der Waals surface area contributed by atoms with Crippen LogP contribution in [0.15, 0.2) is 16.5 Å². The highest BCUT2D eigenvalue weighted by atomic mass is 32.1. The molecule has 106 valence electrons. The van der Waals surface area contributed by atoms with Crippen LogP contribution in [-0.2, 0) is 13.5 Å². The Morgan fingerprint density at radius 1 is 1.65 bits per heavy atom. The molecular formula is C13H15FN4OS. The van der Waals surface area contributed by atoms with Crippen LogP contribution in [0.1, 0.15) is 33.4 Å². The molecule has 0 aromatic carbocycles. The lowest BCUT2D eigenvalue weighted by molar-refractivity contribution is 0.0955. The van der Waals surface area contributed by atoms with Gasteiger partial charge in [-0.15, -0.1) is 11.3 Å². The molecule has 0 aliphatic carbocycles. The van der Waals surface area contributed by atoms with E-state index in [1.54, 1.807) is 12.3 Å². The maximum absolute atomic E-state index is 13.6. The molecule has 0 unspecified atom stereocenters. The predicted octanol–water partition coefficient (Wildman–Crippen LogP) is 2.26. The van der Waals surface area contributed by atoms with Gasteiger partial charge in [0.1, 0.15) is 0 Å². The van der Waals surface area contributed by atoms with E-state index in [2.05, 4.69) is 15.6 Å². The van der Waals surface area contributed by atoms with E-state index >= 15 is 0 Å². The number of carbonyl (C=O) groups excluding carboxylic acids is 1. The van der Waals surface area contributed by atoms with Gasteiger partial charge in [-0.25, -0.2) is 10.1 Å². The summed E-state index contributed by atoms with van der Waals surface area (Å²) < 4.78 is 14.7. The van der Waals surface area contributed by atoms with Crippen LogP contribution in [0, 0.1) is 12.9 Å². The Morgan fingerprint density at radius 3 is 2.95 bits per heavy atom. The molecule has 2 aromatic rings. The monoisotopic (exact) mass is 294 g/mol. The normalized spacial score (nSPS) is 11.2. The zero-order valence-corrected chi connectivity index (χ0v) is 12.3. The van der Waals surface area contributed by atoms with Crippen molar-refractivity contribution >= 4 is 23.5 Å². The van der Waals surface area contributed by atoms with Crippen molar-refractivity contribution in [1.82, 2.24) is 15.2 Å². The third kappa shape index (κ3) is 2.93. The maximum Gasteiger partial charge on any atom is 0.272 e. The van der Waals surface area contributed by atoms with Gasteiger partial charge in [-0.2, -0.15) is 14.6 Å². The lowest BCUT2D eigenvalue weighted by Gasteiger charge is -1.95. The summed E-state index contributed by atoms with van der Waals surface area (Å²) in [5.41, 5.74) is 3.74. The van der Waals surface area contributed by atoms with Crippen molar-refractivity contribution in [2.24, 2.45) is 12.1 Å². The van der Waals surface area contributed by atoms with Crippen LogP contribution in [0.5, 0.6) is 0 Å². The fourth-order valence-corrected chi connectivity index (χ4v) is 2.51. The second-order valence-corrected chi connectivity index (χ2v) is 5.26. The molecule has 0 aliphatic rings. The molecule has 2 rings (SSSR count). The van der Waals surface area contributed by atoms with Crippen molar-refractivity contribution < 1.29 is 9.18 Å². The third-order valence-corrected chi connectivity index (χ3v) is 3.90. The summed E-state index contributed by atoms with van der Waals surface area (Å²) in [6.45, 7) is 3.71. The standard InChI is InChI=1S/C13H15FN4OS/c1-4-10-5-9(7-20-10)13(19)16-15-6-11-8(2)17-18(3)12(11)14/h5-7H,4H2,1-3H3,(H,16,19)/b15-6-. The van der Waals surface area contributed by atoms with E-state index in [-0.39, 0.29) is 11.5 Å². The lowest BCUT2D eigenvalue weighted by atomic mass is 10.3. The number of hydrogen-bond donors (Lipinski definition) is 1. The third-order valence-electron chi connectivity index (χ3n) is 2.82. The molecule has 5 nitrogen and oxygen atoms in total. The van der Waals surface area contributed by atoms with Gasteiger partial charge in [-0.05, 0) is 19.4 Å². The Labute approximate surface area is 120 Å². The number of aromatic nitrogens is 2. The summed E-state index contributed by atoms with van der Waals surface area (Å²) in [6, 6.07) is 1.82. The minimum atomic E-state index is -0.482. The van der Waals surface area contributed by atoms with Crippen molar-refractivity contribution in [2.45, 2.75) is 20.3 Å². The van der Waals surface area contributed by atoms with Gasteiger partial charge in [0.15, 0.2) is 0 Å². The molecule has 2 aromatic heterocycles. The van der Waals surface area contributed by atoms with Crippen LogP contribution in [0.4, 0.5) is 4.39 Å². The minimum absolute atomic E-state index is 0.271. The van der Waals surface area contributed by atoms with Gasteiger partial charge in [0.25, 0.3) is 5.91 Å². The van der Waals surface area contributed by atoms with E-state index in [1.165, 1.54) is 24.6 Å². The highest BCUT2D eigenvalue weighted by molar-refractivity contribution is 7.10. The van der Waals surface area contributed by atoms with Crippen molar-refractivity contribution in [1.29, 1.82) is 0 Å². The van der Waals surface area contributed by atoms with E-state index in [1.807, 2.05) is 13.0 Å². The molecule has 0 bridgehead atoms. The van der Waals surface area contributed by atoms with Crippen molar-refractivity contribution in [3.63, 3.8) is 0 Å². The zero-order valence-electron chi connectivity index (χ0n) is 11.5. The first-order chi connectivity index (χ1) is 9.52. The largest absolute Gasteiger partial charge is 0.272 e. The van der Waals surface area contributed by atoms with Gasteiger partial charge >= 0.3 is 0 Å². The average Bonchev–Trinajstić information content (AvgIpc) is 2.99.